The third-order valence-electron chi connectivity index (χ3n) is 3.48. The number of benzene rings is 1. The topological polar surface area (TPSA) is 27.0 Å². The number of hydrogen-bond acceptors (Lipinski definition) is 2. The van der Waals surface area contributed by atoms with Crippen LogP contribution < -0.4 is 0 Å². The van der Waals surface area contributed by atoms with Gasteiger partial charge in [0.25, 0.3) is 0 Å². The van der Waals surface area contributed by atoms with Gasteiger partial charge in [-0.05, 0) is 50.6 Å². The maximum absolute atomic E-state index is 9.45. The monoisotopic (exact) mass is 248 g/mol. The van der Waals surface area contributed by atoms with E-state index in [1.165, 1.54) is 12.8 Å². The lowest BCUT2D eigenvalue weighted by Crippen LogP contribution is -2.45. The highest BCUT2D eigenvalue weighted by molar-refractivity contribution is 6.30. The molecule has 17 heavy (non-hydrogen) atoms. The Hall–Kier alpha value is -1.04. The molecule has 0 bridgehead atoms. The minimum absolute atomic E-state index is 0.402. The van der Waals surface area contributed by atoms with E-state index in [0.29, 0.717) is 0 Å². The molecule has 1 aromatic rings. The van der Waals surface area contributed by atoms with E-state index in [0.717, 1.165) is 30.1 Å². The Morgan fingerprint density at radius 3 is 2.71 bits per heavy atom. The van der Waals surface area contributed by atoms with Crippen molar-refractivity contribution in [2.24, 2.45) is 0 Å². The van der Waals surface area contributed by atoms with Gasteiger partial charge in [-0.3, -0.25) is 4.90 Å². The smallest absolute Gasteiger partial charge is 0.110 e. The van der Waals surface area contributed by atoms with Gasteiger partial charge in [0.05, 0.1) is 6.07 Å². The van der Waals surface area contributed by atoms with E-state index < -0.39 is 5.54 Å². The molecule has 1 saturated heterocycles. The quantitative estimate of drug-likeness (QED) is 0.821. The fourth-order valence-electron chi connectivity index (χ4n) is 2.48. The van der Waals surface area contributed by atoms with Gasteiger partial charge in [0.2, 0.25) is 0 Å². The first-order valence-corrected chi connectivity index (χ1v) is 6.43. The van der Waals surface area contributed by atoms with E-state index in [1.54, 1.807) is 0 Å². The number of hydrogen-bond donors (Lipinski definition) is 0. The molecule has 0 aliphatic carbocycles. The van der Waals surface area contributed by atoms with E-state index in [9.17, 15) is 5.26 Å². The molecule has 1 heterocycles. The van der Waals surface area contributed by atoms with Crippen LogP contribution >= 0.6 is 11.6 Å². The summed E-state index contributed by atoms with van der Waals surface area (Å²) in [5.41, 5.74) is 0.731. The first kappa shape index (κ1) is 12.4. The molecule has 2 rings (SSSR count). The van der Waals surface area contributed by atoms with Gasteiger partial charge in [-0.15, -0.1) is 0 Å². The molecule has 90 valence electrons. The fourth-order valence-corrected chi connectivity index (χ4v) is 2.69. The molecule has 1 aromatic carbocycles. The summed E-state index contributed by atoms with van der Waals surface area (Å²) in [7, 11) is 0. The van der Waals surface area contributed by atoms with E-state index in [1.807, 2.05) is 31.2 Å². The molecule has 0 saturated carbocycles. The molecule has 0 spiro atoms. The number of rotatable bonds is 3. The Labute approximate surface area is 108 Å². The molecule has 1 aliphatic heterocycles. The van der Waals surface area contributed by atoms with Gasteiger partial charge < -0.3 is 0 Å². The summed E-state index contributed by atoms with van der Waals surface area (Å²) in [6.07, 6.45) is 3.14. The van der Waals surface area contributed by atoms with E-state index in [2.05, 4.69) is 11.0 Å². The molecule has 0 amide bonds. The standard InChI is InChI=1S/C14H17ClN2/c1-14(11-16,17-7-2-3-8-17)10-12-5-4-6-13(15)9-12/h4-6,9H,2-3,7-8,10H2,1H3. The maximum Gasteiger partial charge on any atom is 0.110 e. The van der Waals surface area contributed by atoms with Crippen molar-refractivity contribution < 1.29 is 0 Å². The molecular weight excluding hydrogens is 232 g/mol. The van der Waals surface area contributed by atoms with Gasteiger partial charge >= 0.3 is 0 Å². The summed E-state index contributed by atoms with van der Waals surface area (Å²) in [6, 6.07) is 10.3. The van der Waals surface area contributed by atoms with Crippen LogP contribution in [0.25, 0.3) is 0 Å². The molecule has 1 unspecified atom stereocenters. The van der Waals surface area contributed by atoms with Gasteiger partial charge in [-0.2, -0.15) is 5.26 Å². The third-order valence-corrected chi connectivity index (χ3v) is 3.72. The summed E-state index contributed by atoms with van der Waals surface area (Å²) in [6.45, 7) is 4.09. The lowest BCUT2D eigenvalue weighted by molar-refractivity contribution is 0.191. The molecule has 2 nitrogen and oxygen atoms in total. The van der Waals surface area contributed by atoms with Gasteiger partial charge in [0.15, 0.2) is 0 Å². The van der Waals surface area contributed by atoms with E-state index in [4.69, 9.17) is 11.6 Å². The summed E-state index contributed by atoms with van der Waals surface area (Å²) in [5.74, 6) is 0. The van der Waals surface area contributed by atoms with Gasteiger partial charge in [-0.1, -0.05) is 23.7 Å². The van der Waals surface area contributed by atoms with Crippen molar-refractivity contribution in [1.82, 2.24) is 4.90 Å². The van der Waals surface area contributed by atoms with Gasteiger partial charge in [-0.25, -0.2) is 0 Å². The predicted molar refractivity (Wildman–Crippen MR) is 70.0 cm³/mol. The number of halogens is 1. The minimum Gasteiger partial charge on any atom is -0.285 e. The second kappa shape index (κ2) is 5.08. The average molecular weight is 249 g/mol. The second-order valence-electron chi connectivity index (χ2n) is 4.89. The van der Waals surface area contributed by atoms with Crippen molar-refractivity contribution in [2.45, 2.75) is 31.7 Å². The van der Waals surface area contributed by atoms with Crippen LogP contribution in [0, 0.1) is 11.3 Å². The molecule has 0 N–H and O–H groups in total. The van der Waals surface area contributed by atoms with Crippen LogP contribution in [-0.2, 0) is 6.42 Å². The summed E-state index contributed by atoms with van der Waals surface area (Å²) in [5, 5.41) is 10.2. The zero-order valence-electron chi connectivity index (χ0n) is 10.1. The Morgan fingerprint density at radius 1 is 1.41 bits per heavy atom. The Bertz CT molecular complexity index is 432. The van der Waals surface area contributed by atoms with Crippen LogP contribution in [0.2, 0.25) is 5.02 Å². The highest BCUT2D eigenvalue weighted by Crippen LogP contribution is 2.25. The Kier molecular flexibility index (Phi) is 3.71. The van der Waals surface area contributed by atoms with Crippen molar-refractivity contribution in [3.8, 4) is 6.07 Å². The Balaban J connectivity index is 2.17. The van der Waals surface area contributed by atoms with Crippen LogP contribution in [0.4, 0.5) is 0 Å². The zero-order chi connectivity index (χ0) is 12.3. The zero-order valence-corrected chi connectivity index (χ0v) is 10.9. The normalized spacial score (nSPS) is 19.8. The largest absolute Gasteiger partial charge is 0.285 e. The van der Waals surface area contributed by atoms with Gasteiger partial charge in [0, 0.05) is 11.4 Å². The highest BCUT2D eigenvalue weighted by Gasteiger charge is 2.33. The molecule has 1 aliphatic rings. The van der Waals surface area contributed by atoms with Crippen molar-refractivity contribution in [3.63, 3.8) is 0 Å². The highest BCUT2D eigenvalue weighted by atomic mass is 35.5. The summed E-state index contributed by atoms with van der Waals surface area (Å²) < 4.78 is 0. The molecule has 3 heteroatoms. The van der Waals surface area contributed by atoms with Crippen molar-refractivity contribution in [2.75, 3.05) is 13.1 Å². The second-order valence-corrected chi connectivity index (χ2v) is 5.32. The third kappa shape index (κ3) is 2.80. The lowest BCUT2D eigenvalue weighted by Gasteiger charge is -2.32. The summed E-state index contributed by atoms with van der Waals surface area (Å²) >= 11 is 5.98. The summed E-state index contributed by atoms with van der Waals surface area (Å²) in [4.78, 5) is 2.29. The van der Waals surface area contributed by atoms with Crippen LogP contribution in [0.3, 0.4) is 0 Å². The first-order chi connectivity index (χ1) is 8.14. The van der Waals surface area contributed by atoms with Crippen molar-refractivity contribution >= 4 is 11.6 Å². The Morgan fingerprint density at radius 2 is 2.12 bits per heavy atom. The fraction of sp³-hybridized carbons (Fsp3) is 0.500. The van der Waals surface area contributed by atoms with Crippen LogP contribution in [0.5, 0.6) is 0 Å². The van der Waals surface area contributed by atoms with Crippen molar-refractivity contribution in [1.29, 1.82) is 5.26 Å². The van der Waals surface area contributed by atoms with Crippen LogP contribution in [0.15, 0.2) is 24.3 Å². The average Bonchev–Trinajstić information content (AvgIpc) is 2.83. The molecule has 0 radical (unpaired) electrons. The number of nitrogens with zero attached hydrogens (tertiary/aromatic N) is 2. The lowest BCUT2D eigenvalue weighted by atomic mass is 9.92. The first-order valence-electron chi connectivity index (χ1n) is 6.05. The molecule has 1 fully saturated rings. The minimum atomic E-state index is -0.402. The molecule has 0 aromatic heterocycles. The molecule has 1 atom stereocenters. The van der Waals surface area contributed by atoms with E-state index >= 15 is 0 Å². The van der Waals surface area contributed by atoms with E-state index in [-0.39, 0.29) is 0 Å². The van der Waals surface area contributed by atoms with Gasteiger partial charge in [0.1, 0.15) is 5.54 Å². The maximum atomic E-state index is 9.45. The number of likely N-dealkylation sites (tertiary alicyclic amines) is 1. The van der Waals surface area contributed by atoms with Crippen molar-refractivity contribution in [3.05, 3.63) is 34.9 Å². The predicted octanol–water partition coefficient (Wildman–Crippen LogP) is 3.26. The molecular formula is C14H17ClN2. The van der Waals surface area contributed by atoms with Crippen LogP contribution in [0.1, 0.15) is 25.3 Å². The number of nitriles is 1. The SMILES string of the molecule is CC(C#N)(Cc1cccc(Cl)c1)N1CCCC1. The van der Waals surface area contributed by atoms with Crippen LogP contribution in [-0.4, -0.2) is 23.5 Å².